The number of nitrogens with one attached hydrogen (secondary N) is 1. The SMILES string of the molecule is Cc1ccc(NC(=O)COc2ccc3c(=O)c(Oc4cnn(-c5ccccc5)c4)c(C(F)(F)F)oc3c2)cc1. The molecule has 2 heterocycles. The Morgan fingerprint density at radius 1 is 1.03 bits per heavy atom. The highest BCUT2D eigenvalue weighted by molar-refractivity contribution is 5.92. The van der Waals surface area contributed by atoms with Crippen LogP contribution in [-0.4, -0.2) is 22.3 Å². The number of carbonyl (C=O) groups excluding carboxylic acids is 1. The van der Waals surface area contributed by atoms with Gasteiger partial charge in [-0.15, -0.1) is 0 Å². The number of carbonyl (C=O) groups is 1. The lowest BCUT2D eigenvalue weighted by atomic mass is 10.2. The number of aromatic nitrogens is 2. The molecule has 11 heteroatoms. The molecule has 2 aromatic heterocycles. The molecule has 0 radical (unpaired) electrons. The molecule has 0 aliphatic rings. The van der Waals surface area contributed by atoms with Gasteiger partial charge < -0.3 is 19.2 Å². The fourth-order valence-corrected chi connectivity index (χ4v) is 3.71. The molecule has 198 valence electrons. The summed E-state index contributed by atoms with van der Waals surface area (Å²) in [7, 11) is 0. The van der Waals surface area contributed by atoms with Crippen molar-refractivity contribution in [3.63, 3.8) is 0 Å². The van der Waals surface area contributed by atoms with Gasteiger partial charge in [0, 0.05) is 11.8 Å². The Hall–Kier alpha value is -5.06. The van der Waals surface area contributed by atoms with Crippen LogP contribution < -0.4 is 20.2 Å². The Morgan fingerprint density at radius 2 is 1.77 bits per heavy atom. The normalized spacial score (nSPS) is 11.4. The minimum absolute atomic E-state index is 0.0376. The number of benzene rings is 3. The molecule has 0 saturated heterocycles. The summed E-state index contributed by atoms with van der Waals surface area (Å²) < 4.78 is 59.0. The largest absolute Gasteiger partial charge is 0.484 e. The molecule has 39 heavy (non-hydrogen) atoms. The van der Waals surface area contributed by atoms with E-state index in [9.17, 15) is 22.8 Å². The molecule has 0 saturated carbocycles. The third kappa shape index (κ3) is 5.77. The molecule has 1 amide bonds. The molecule has 0 bridgehead atoms. The Bertz CT molecular complexity index is 1690. The number of nitrogens with zero attached hydrogens (tertiary/aromatic N) is 2. The fraction of sp³-hybridized carbons (Fsp3) is 0.107. The molecular weight excluding hydrogens is 515 g/mol. The highest BCUT2D eigenvalue weighted by Gasteiger charge is 2.40. The summed E-state index contributed by atoms with van der Waals surface area (Å²) in [5.74, 6) is -3.15. The lowest BCUT2D eigenvalue weighted by molar-refractivity contribution is -0.154. The summed E-state index contributed by atoms with van der Waals surface area (Å²) in [4.78, 5) is 25.3. The average Bonchev–Trinajstić information content (AvgIpc) is 3.39. The van der Waals surface area contributed by atoms with Gasteiger partial charge in [0.2, 0.25) is 11.2 Å². The van der Waals surface area contributed by atoms with Crippen molar-refractivity contribution in [1.29, 1.82) is 0 Å². The van der Waals surface area contributed by atoms with E-state index < -0.39 is 35.6 Å². The van der Waals surface area contributed by atoms with Gasteiger partial charge >= 0.3 is 6.18 Å². The van der Waals surface area contributed by atoms with Crippen molar-refractivity contribution in [3.8, 4) is 22.9 Å². The topological polar surface area (TPSA) is 95.6 Å². The molecular formula is C28H20F3N3O5. The fourth-order valence-electron chi connectivity index (χ4n) is 3.71. The predicted molar refractivity (Wildman–Crippen MR) is 136 cm³/mol. The van der Waals surface area contributed by atoms with Crippen LogP contribution in [-0.2, 0) is 11.0 Å². The minimum atomic E-state index is -5.04. The summed E-state index contributed by atoms with van der Waals surface area (Å²) in [6.45, 7) is 1.49. The van der Waals surface area contributed by atoms with Crippen LogP contribution in [0.15, 0.2) is 94.4 Å². The van der Waals surface area contributed by atoms with Crippen LogP contribution in [0.5, 0.6) is 17.2 Å². The van der Waals surface area contributed by atoms with Crippen molar-refractivity contribution in [3.05, 3.63) is 107 Å². The molecule has 1 N–H and O–H groups in total. The predicted octanol–water partition coefficient (Wildman–Crippen LogP) is 6.12. The van der Waals surface area contributed by atoms with Gasteiger partial charge in [0.05, 0.1) is 23.5 Å². The summed E-state index contributed by atoms with van der Waals surface area (Å²) in [5, 5.41) is 6.56. The number of anilines is 1. The minimum Gasteiger partial charge on any atom is -0.484 e. The van der Waals surface area contributed by atoms with Crippen LogP contribution in [0.4, 0.5) is 18.9 Å². The monoisotopic (exact) mass is 535 g/mol. The van der Waals surface area contributed by atoms with Crippen molar-refractivity contribution in [2.75, 3.05) is 11.9 Å². The van der Waals surface area contributed by atoms with E-state index in [1.807, 2.05) is 19.1 Å². The molecule has 8 nitrogen and oxygen atoms in total. The first-order valence-electron chi connectivity index (χ1n) is 11.6. The number of rotatable bonds is 7. The number of para-hydroxylation sites is 1. The first-order valence-corrected chi connectivity index (χ1v) is 11.6. The Balaban J connectivity index is 1.39. The average molecular weight is 535 g/mol. The van der Waals surface area contributed by atoms with Gasteiger partial charge in [0.1, 0.15) is 11.3 Å². The number of hydrogen-bond acceptors (Lipinski definition) is 6. The number of hydrogen-bond donors (Lipinski definition) is 1. The van der Waals surface area contributed by atoms with E-state index in [0.717, 1.165) is 11.6 Å². The zero-order valence-electron chi connectivity index (χ0n) is 20.4. The van der Waals surface area contributed by atoms with Crippen molar-refractivity contribution in [2.45, 2.75) is 13.1 Å². The maximum Gasteiger partial charge on any atom is 0.453 e. The molecule has 0 aliphatic heterocycles. The third-order valence-electron chi connectivity index (χ3n) is 5.58. The number of aryl methyl sites for hydroxylation is 1. The molecule has 0 unspecified atom stereocenters. The van der Waals surface area contributed by atoms with E-state index in [-0.39, 0.29) is 22.5 Å². The van der Waals surface area contributed by atoms with Gasteiger partial charge in [-0.2, -0.15) is 18.3 Å². The molecule has 0 spiro atoms. The summed E-state index contributed by atoms with van der Waals surface area (Å²) in [6, 6.07) is 19.6. The quantitative estimate of drug-likeness (QED) is 0.270. The van der Waals surface area contributed by atoms with Gasteiger partial charge in [-0.25, -0.2) is 4.68 Å². The number of halogens is 3. The van der Waals surface area contributed by atoms with E-state index in [0.29, 0.717) is 11.4 Å². The Morgan fingerprint density at radius 3 is 2.49 bits per heavy atom. The Labute approximate surface area is 219 Å². The van der Waals surface area contributed by atoms with E-state index in [2.05, 4.69) is 10.4 Å². The van der Waals surface area contributed by atoms with E-state index in [1.54, 1.807) is 42.5 Å². The van der Waals surface area contributed by atoms with E-state index in [4.69, 9.17) is 13.9 Å². The van der Waals surface area contributed by atoms with Crippen LogP contribution >= 0.6 is 0 Å². The second-order valence-electron chi connectivity index (χ2n) is 8.51. The number of amides is 1. The zero-order chi connectivity index (χ0) is 27.6. The van der Waals surface area contributed by atoms with Crippen LogP contribution in [0.25, 0.3) is 16.7 Å². The van der Waals surface area contributed by atoms with Crippen molar-refractivity contribution in [2.24, 2.45) is 0 Å². The third-order valence-corrected chi connectivity index (χ3v) is 5.58. The molecule has 0 aliphatic carbocycles. The van der Waals surface area contributed by atoms with Crippen LogP contribution in [0, 0.1) is 6.92 Å². The molecule has 5 rings (SSSR count). The van der Waals surface area contributed by atoms with Gasteiger partial charge in [-0.05, 0) is 43.3 Å². The maximum atomic E-state index is 13.9. The lowest BCUT2D eigenvalue weighted by Gasteiger charge is -2.13. The first kappa shape index (κ1) is 25.6. The van der Waals surface area contributed by atoms with Crippen LogP contribution in [0.1, 0.15) is 11.3 Å². The first-order chi connectivity index (χ1) is 18.7. The van der Waals surface area contributed by atoms with Crippen LogP contribution in [0.2, 0.25) is 0 Å². The Kier molecular flexibility index (Phi) is 6.80. The van der Waals surface area contributed by atoms with Crippen LogP contribution in [0.3, 0.4) is 0 Å². The molecule has 3 aromatic carbocycles. The molecule has 0 fully saturated rings. The van der Waals surface area contributed by atoms with E-state index >= 15 is 0 Å². The van der Waals surface area contributed by atoms with Gasteiger partial charge in [0.25, 0.3) is 11.7 Å². The standard InChI is InChI=1S/C28H20F3N3O5/c1-17-7-9-18(10-8-17)33-24(35)16-37-20-11-12-22-23(13-20)39-27(28(29,30)31)26(25(22)36)38-21-14-32-34(15-21)19-5-3-2-4-6-19/h2-15H,16H2,1H3,(H,33,35). The molecule has 0 atom stereocenters. The number of fused-ring (bicyclic) bond motifs is 1. The summed E-state index contributed by atoms with van der Waals surface area (Å²) in [5.41, 5.74) is 0.830. The number of ether oxygens (including phenoxy) is 2. The van der Waals surface area contributed by atoms with Crippen molar-refractivity contribution >= 4 is 22.6 Å². The highest BCUT2D eigenvalue weighted by atomic mass is 19.4. The second kappa shape index (κ2) is 10.4. The highest BCUT2D eigenvalue weighted by Crippen LogP contribution is 2.38. The van der Waals surface area contributed by atoms with Crippen molar-refractivity contribution < 1.29 is 31.9 Å². The van der Waals surface area contributed by atoms with Crippen molar-refractivity contribution in [1.82, 2.24) is 9.78 Å². The smallest absolute Gasteiger partial charge is 0.453 e. The van der Waals surface area contributed by atoms with Gasteiger partial charge in [0.15, 0.2) is 12.4 Å². The summed E-state index contributed by atoms with van der Waals surface area (Å²) in [6.07, 6.45) is -2.50. The van der Waals surface area contributed by atoms with E-state index in [1.165, 1.54) is 29.2 Å². The number of alkyl halides is 3. The summed E-state index contributed by atoms with van der Waals surface area (Å²) >= 11 is 0. The van der Waals surface area contributed by atoms with Gasteiger partial charge in [-0.1, -0.05) is 35.9 Å². The zero-order valence-corrected chi connectivity index (χ0v) is 20.4. The maximum absolute atomic E-state index is 13.9. The molecule has 5 aromatic rings. The second-order valence-corrected chi connectivity index (χ2v) is 8.51. The lowest BCUT2D eigenvalue weighted by Crippen LogP contribution is -2.20. The van der Waals surface area contributed by atoms with Gasteiger partial charge in [-0.3, -0.25) is 9.59 Å².